The second-order valence-electron chi connectivity index (χ2n) is 9.24. The van der Waals surface area contributed by atoms with Crippen molar-refractivity contribution in [2.24, 2.45) is 0 Å². The number of carbonyl (C=O) groups excluding carboxylic acids is 2. The molecule has 0 atom stereocenters. The summed E-state index contributed by atoms with van der Waals surface area (Å²) in [5, 5.41) is 5.65. The highest BCUT2D eigenvalue weighted by molar-refractivity contribution is 7.92. The van der Waals surface area contributed by atoms with E-state index in [9.17, 15) is 18.0 Å². The number of amides is 2. The standard InChI is InChI=1S/C27H31N3O6S/c1-27(2,3)29-26(32)21-9-7-8-10-22(21)28-25(31)18-11-13-19(14-12-18)30(4)37(33,34)20-15-16-23(35-5)24(17-20)36-6/h7-17H,1-6H3,(H,28,31)(H,29,32). The molecule has 0 saturated carbocycles. The molecule has 0 aliphatic heterocycles. The van der Waals surface area contributed by atoms with Crippen LogP contribution in [0.3, 0.4) is 0 Å². The summed E-state index contributed by atoms with van der Waals surface area (Å²) in [4.78, 5) is 25.6. The minimum absolute atomic E-state index is 0.0274. The van der Waals surface area contributed by atoms with E-state index in [1.54, 1.807) is 24.3 Å². The second-order valence-corrected chi connectivity index (χ2v) is 11.2. The molecule has 37 heavy (non-hydrogen) atoms. The van der Waals surface area contributed by atoms with Gasteiger partial charge in [0.1, 0.15) is 0 Å². The number of hydrogen-bond donors (Lipinski definition) is 2. The lowest BCUT2D eigenvalue weighted by molar-refractivity contribution is 0.0920. The third kappa shape index (κ3) is 6.39. The van der Waals surface area contributed by atoms with Crippen LogP contribution in [0.1, 0.15) is 41.5 Å². The number of anilines is 2. The van der Waals surface area contributed by atoms with Gasteiger partial charge in [-0.3, -0.25) is 13.9 Å². The first kappa shape index (κ1) is 27.5. The number of para-hydroxylation sites is 1. The first-order valence-electron chi connectivity index (χ1n) is 11.4. The van der Waals surface area contributed by atoms with E-state index < -0.39 is 21.5 Å². The van der Waals surface area contributed by atoms with Crippen molar-refractivity contribution >= 4 is 33.2 Å². The Bertz CT molecular complexity index is 1400. The number of benzene rings is 3. The number of methoxy groups -OCH3 is 2. The molecule has 0 bridgehead atoms. The zero-order chi connectivity index (χ0) is 27.4. The van der Waals surface area contributed by atoms with Gasteiger partial charge in [0.15, 0.2) is 11.5 Å². The molecule has 196 valence electrons. The summed E-state index contributed by atoms with van der Waals surface area (Å²) in [6.45, 7) is 5.61. The Morgan fingerprint density at radius 2 is 1.46 bits per heavy atom. The maximum absolute atomic E-state index is 13.2. The van der Waals surface area contributed by atoms with Gasteiger partial charge in [-0.05, 0) is 69.3 Å². The van der Waals surface area contributed by atoms with E-state index in [1.807, 2.05) is 20.8 Å². The third-order valence-electron chi connectivity index (χ3n) is 5.41. The van der Waals surface area contributed by atoms with E-state index >= 15 is 0 Å². The van der Waals surface area contributed by atoms with Crippen molar-refractivity contribution in [3.05, 3.63) is 77.9 Å². The Kier molecular flexibility index (Phi) is 8.12. The number of nitrogens with zero attached hydrogens (tertiary/aromatic N) is 1. The number of ether oxygens (including phenoxy) is 2. The normalized spacial score (nSPS) is 11.4. The van der Waals surface area contributed by atoms with Crippen LogP contribution < -0.4 is 24.4 Å². The van der Waals surface area contributed by atoms with Gasteiger partial charge in [0.25, 0.3) is 21.8 Å². The Morgan fingerprint density at radius 1 is 0.838 bits per heavy atom. The molecule has 2 N–H and O–H groups in total. The summed E-state index contributed by atoms with van der Waals surface area (Å²) in [6.07, 6.45) is 0. The van der Waals surface area contributed by atoms with Gasteiger partial charge in [0, 0.05) is 24.2 Å². The van der Waals surface area contributed by atoms with Gasteiger partial charge < -0.3 is 20.1 Å². The lowest BCUT2D eigenvalue weighted by Gasteiger charge is -2.22. The van der Waals surface area contributed by atoms with Crippen LogP contribution in [0.15, 0.2) is 71.6 Å². The molecular formula is C27H31N3O6S. The predicted molar refractivity (Wildman–Crippen MR) is 143 cm³/mol. The van der Waals surface area contributed by atoms with Crippen LogP contribution in [-0.2, 0) is 10.0 Å². The summed E-state index contributed by atoms with van der Waals surface area (Å²) in [5.74, 6) is -0.0360. The molecule has 0 radical (unpaired) electrons. The molecule has 2 amide bonds. The third-order valence-corrected chi connectivity index (χ3v) is 7.20. The molecule has 0 fully saturated rings. The number of sulfonamides is 1. The molecule has 0 aliphatic rings. The zero-order valence-electron chi connectivity index (χ0n) is 21.7. The molecule has 0 unspecified atom stereocenters. The Labute approximate surface area is 217 Å². The first-order chi connectivity index (χ1) is 17.4. The van der Waals surface area contributed by atoms with Gasteiger partial charge in [-0.1, -0.05) is 12.1 Å². The van der Waals surface area contributed by atoms with Crippen LogP contribution in [-0.4, -0.2) is 47.0 Å². The van der Waals surface area contributed by atoms with Crippen molar-refractivity contribution in [2.45, 2.75) is 31.2 Å². The summed E-state index contributed by atoms with van der Waals surface area (Å²) in [5.41, 5.74) is 0.922. The van der Waals surface area contributed by atoms with Crippen molar-refractivity contribution < 1.29 is 27.5 Å². The lowest BCUT2D eigenvalue weighted by Crippen LogP contribution is -2.40. The fourth-order valence-electron chi connectivity index (χ4n) is 3.49. The maximum Gasteiger partial charge on any atom is 0.264 e. The largest absolute Gasteiger partial charge is 0.493 e. The molecule has 3 aromatic carbocycles. The van der Waals surface area contributed by atoms with Gasteiger partial charge in [0.05, 0.1) is 36.1 Å². The van der Waals surface area contributed by atoms with Crippen molar-refractivity contribution in [1.29, 1.82) is 0 Å². The molecule has 9 nitrogen and oxygen atoms in total. The highest BCUT2D eigenvalue weighted by Gasteiger charge is 2.24. The SMILES string of the molecule is COc1ccc(S(=O)(=O)N(C)c2ccc(C(=O)Nc3ccccc3C(=O)NC(C)(C)C)cc2)cc1OC. The maximum atomic E-state index is 13.2. The van der Waals surface area contributed by atoms with Crippen LogP contribution in [0.4, 0.5) is 11.4 Å². The number of carbonyl (C=O) groups is 2. The lowest BCUT2D eigenvalue weighted by atomic mass is 10.1. The Hall–Kier alpha value is -4.05. The molecule has 0 spiro atoms. The topological polar surface area (TPSA) is 114 Å². The minimum Gasteiger partial charge on any atom is -0.493 e. The quantitative estimate of drug-likeness (QED) is 0.453. The fraction of sp³-hybridized carbons (Fsp3) is 0.259. The molecular weight excluding hydrogens is 494 g/mol. The summed E-state index contributed by atoms with van der Waals surface area (Å²) < 4.78 is 37.9. The minimum atomic E-state index is -3.91. The molecule has 0 heterocycles. The first-order valence-corrected chi connectivity index (χ1v) is 12.9. The summed E-state index contributed by atoms with van der Waals surface area (Å²) in [6, 6.07) is 17.2. The second kappa shape index (κ2) is 10.9. The van der Waals surface area contributed by atoms with Crippen LogP contribution in [0.5, 0.6) is 11.5 Å². The molecule has 0 aliphatic carbocycles. The average molecular weight is 526 g/mol. The van der Waals surface area contributed by atoms with Crippen molar-refractivity contribution in [3.8, 4) is 11.5 Å². The monoisotopic (exact) mass is 525 g/mol. The van der Waals surface area contributed by atoms with Crippen molar-refractivity contribution in [1.82, 2.24) is 5.32 Å². The Morgan fingerprint density at radius 3 is 2.05 bits per heavy atom. The van der Waals surface area contributed by atoms with Crippen molar-refractivity contribution in [3.63, 3.8) is 0 Å². The van der Waals surface area contributed by atoms with E-state index in [-0.39, 0.29) is 10.8 Å². The van der Waals surface area contributed by atoms with Gasteiger partial charge in [0.2, 0.25) is 0 Å². The number of nitrogens with one attached hydrogen (secondary N) is 2. The van der Waals surface area contributed by atoms with Crippen LogP contribution in [0, 0.1) is 0 Å². The zero-order valence-corrected chi connectivity index (χ0v) is 22.5. The summed E-state index contributed by atoms with van der Waals surface area (Å²) in [7, 11) is 0.408. The predicted octanol–water partition coefficient (Wildman–Crippen LogP) is 4.31. The molecule has 0 saturated heterocycles. The van der Waals surface area contributed by atoms with E-state index in [4.69, 9.17) is 9.47 Å². The highest BCUT2D eigenvalue weighted by Crippen LogP contribution is 2.31. The molecule has 3 rings (SSSR count). The van der Waals surface area contributed by atoms with Crippen LogP contribution in [0.25, 0.3) is 0 Å². The van der Waals surface area contributed by atoms with E-state index in [1.165, 1.54) is 63.7 Å². The highest BCUT2D eigenvalue weighted by atomic mass is 32.2. The summed E-state index contributed by atoms with van der Waals surface area (Å²) >= 11 is 0. The number of hydrogen-bond acceptors (Lipinski definition) is 6. The van der Waals surface area contributed by atoms with Gasteiger partial charge in [-0.25, -0.2) is 8.42 Å². The smallest absolute Gasteiger partial charge is 0.264 e. The van der Waals surface area contributed by atoms with Crippen LogP contribution >= 0.6 is 0 Å². The van der Waals surface area contributed by atoms with E-state index in [0.717, 1.165) is 4.31 Å². The molecule has 0 aromatic heterocycles. The van der Waals surface area contributed by atoms with Crippen LogP contribution in [0.2, 0.25) is 0 Å². The van der Waals surface area contributed by atoms with Gasteiger partial charge in [-0.2, -0.15) is 0 Å². The van der Waals surface area contributed by atoms with E-state index in [2.05, 4.69) is 10.6 Å². The molecule has 10 heteroatoms. The number of rotatable bonds is 8. The average Bonchev–Trinajstić information content (AvgIpc) is 2.87. The van der Waals surface area contributed by atoms with Gasteiger partial charge in [-0.15, -0.1) is 0 Å². The van der Waals surface area contributed by atoms with Gasteiger partial charge >= 0.3 is 0 Å². The Balaban J connectivity index is 1.80. The van der Waals surface area contributed by atoms with Crippen molar-refractivity contribution in [2.75, 3.05) is 30.9 Å². The fourth-order valence-corrected chi connectivity index (χ4v) is 4.70. The van der Waals surface area contributed by atoms with E-state index in [0.29, 0.717) is 34.0 Å². The molecule has 3 aromatic rings.